The van der Waals surface area contributed by atoms with Crippen molar-refractivity contribution in [2.24, 2.45) is 0 Å². The highest BCUT2D eigenvalue weighted by molar-refractivity contribution is 7.71. The number of anilines is 1. The lowest BCUT2D eigenvalue weighted by Crippen LogP contribution is -2.02. The number of nitrogens with zero attached hydrogens (tertiary/aromatic N) is 4. The van der Waals surface area contributed by atoms with Crippen molar-refractivity contribution in [3.8, 4) is 28.4 Å². The van der Waals surface area contributed by atoms with Gasteiger partial charge in [-0.15, -0.1) is 0 Å². The van der Waals surface area contributed by atoms with E-state index in [1.165, 1.54) is 0 Å². The van der Waals surface area contributed by atoms with Gasteiger partial charge in [0.05, 0.1) is 36.0 Å². The zero-order valence-corrected chi connectivity index (χ0v) is 16.8. The van der Waals surface area contributed by atoms with Gasteiger partial charge in [0.1, 0.15) is 10.7 Å². The van der Waals surface area contributed by atoms with Crippen LogP contribution in [0.4, 0.5) is 5.82 Å². The van der Waals surface area contributed by atoms with Crippen molar-refractivity contribution in [2.45, 2.75) is 12.7 Å². The molecule has 0 aliphatic carbocycles. The summed E-state index contributed by atoms with van der Waals surface area (Å²) in [4.78, 5) is 13.1. The van der Waals surface area contributed by atoms with Crippen LogP contribution in [0.2, 0.25) is 0 Å². The molecule has 148 valence electrons. The molecular weight excluding hydrogens is 390 g/mol. The van der Waals surface area contributed by atoms with Gasteiger partial charge in [0.2, 0.25) is 5.88 Å². The van der Waals surface area contributed by atoms with Crippen LogP contribution in [-0.4, -0.2) is 34.9 Å². The molecule has 0 saturated carbocycles. The van der Waals surface area contributed by atoms with Gasteiger partial charge >= 0.3 is 0 Å². The third-order valence-corrected chi connectivity index (χ3v) is 5.27. The van der Waals surface area contributed by atoms with Crippen LogP contribution in [0, 0.1) is 6.92 Å². The van der Waals surface area contributed by atoms with Crippen molar-refractivity contribution in [2.75, 3.05) is 12.8 Å². The maximum atomic E-state index is 11.1. The first-order chi connectivity index (χ1) is 14.0. The van der Waals surface area contributed by atoms with Gasteiger partial charge in [-0.1, -0.05) is 12.1 Å². The van der Waals surface area contributed by atoms with Crippen molar-refractivity contribution < 1.29 is 13.2 Å². The molecule has 0 bridgehead atoms. The summed E-state index contributed by atoms with van der Waals surface area (Å²) in [5.41, 5.74) is 11.4. The second-order valence-corrected chi connectivity index (χ2v) is 7.53. The largest absolute Gasteiger partial charge is 0.481 e. The number of thiol groups is 1. The molecule has 0 aliphatic heterocycles. The number of aromatic nitrogens is 4. The Hall–Kier alpha value is -3.46. The van der Waals surface area contributed by atoms with E-state index in [1.807, 2.05) is 41.8 Å². The van der Waals surface area contributed by atoms with Crippen LogP contribution < -0.4 is 10.5 Å². The zero-order valence-electron chi connectivity index (χ0n) is 15.9. The Morgan fingerprint density at radius 1 is 1.17 bits per heavy atom. The summed E-state index contributed by atoms with van der Waals surface area (Å²) in [5, 5.41) is 0. The lowest BCUT2D eigenvalue weighted by molar-refractivity contribution is 0.399. The van der Waals surface area contributed by atoms with Crippen molar-refractivity contribution in [3.05, 3.63) is 60.0 Å². The third-order valence-electron chi connectivity index (χ3n) is 4.65. The number of imidazole rings is 1. The van der Waals surface area contributed by atoms with Gasteiger partial charge in [-0.3, -0.25) is 4.40 Å². The topological polar surface area (TPSA) is 112 Å². The maximum Gasteiger partial charge on any atom is 0.222 e. The minimum Gasteiger partial charge on any atom is -0.481 e. The molecule has 4 aromatic rings. The Kier molecular flexibility index (Phi) is 4.89. The smallest absolute Gasteiger partial charge is 0.222 e. The van der Waals surface area contributed by atoms with Crippen LogP contribution in [0.5, 0.6) is 5.88 Å². The SMILES string of the molecule is COc1ncccc1-c1cn2c(-c3cc(C[SH](=O)=O)ccc3C)cnc2c(N)n1. The normalized spacial score (nSPS) is 11.3. The summed E-state index contributed by atoms with van der Waals surface area (Å²) < 4.78 is 29.5. The second kappa shape index (κ2) is 7.51. The molecule has 0 spiro atoms. The summed E-state index contributed by atoms with van der Waals surface area (Å²) in [6, 6.07) is 9.23. The number of ether oxygens (including phenoxy) is 1. The lowest BCUT2D eigenvalue weighted by Gasteiger charge is -2.11. The average Bonchev–Trinajstić information content (AvgIpc) is 3.13. The molecule has 0 amide bonds. The highest BCUT2D eigenvalue weighted by Crippen LogP contribution is 2.31. The maximum absolute atomic E-state index is 11.1. The Bertz CT molecular complexity index is 1290. The molecule has 29 heavy (non-hydrogen) atoms. The molecule has 3 heterocycles. The van der Waals surface area contributed by atoms with Crippen molar-refractivity contribution in [1.29, 1.82) is 0 Å². The molecule has 1 aromatic carbocycles. The van der Waals surface area contributed by atoms with Gasteiger partial charge in [-0.2, -0.15) is 0 Å². The van der Waals surface area contributed by atoms with E-state index in [1.54, 1.807) is 25.6 Å². The fourth-order valence-corrected chi connectivity index (χ4v) is 3.78. The number of pyridine rings is 1. The lowest BCUT2D eigenvalue weighted by atomic mass is 10.0. The second-order valence-electron chi connectivity index (χ2n) is 6.55. The van der Waals surface area contributed by atoms with Gasteiger partial charge in [-0.25, -0.2) is 23.4 Å². The molecule has 0 unspecified atom stereocenters. The molecule has 4 rings (SSSR count). The molecular formula is C20H19N5O3S. The quantitative estimate of drug-likeness (QED) is 0.487. The Morgan fingerprint density at radius 2 is 2.00 bits per heavy atom. The van der Waals surface area contributed by atoms with Gasteiger partial charge in [0.15, 0.2) is 11.5 Å². The van der Waals surface area contributed by atoms with E-state index in [0.717, 1.165) is 16.8 Å². The summed E-state index contributed by atoms with van der Waals surface area (Å²) in [7, 11) is -0.963. The van der Waals surface area contributed by atoms with Crippen LogP contribution in [0.1, 0.15) is 11.1 Å². The van der Waals surface area contributed by atoms with E-state index in [-0.39, 0.29) is 11.6 Å². The Balaban J connectivity index is 1.93. The first-order valence-corrected chi connectivity index (χ1v) is 10.2. The molecule has 0 saturated heterocycles. The number of fused-ring (bicyclic) bond motifs is 1. The van der Waals surface area contributed by atoms with Gasteiger partial charge in [0.25, 0.3) is 0 Å². The Morgan fingerprint density at radius 3 is 2.76 bits per heavy atom. The van der Waals surface area contributed by atoms with E-state index in [4.69, 9.17) is 10.5 Å². The summed E-state index contributed by atoms with van der Waals surface area (Å²) >= 11 is 0. The fourth-order valence-electron chi connectivity index (χ4n) is 3.28. The van der Waals surface area contributed by atoms with Crippen LogP contribution in [0.15, 0.2) is 48.9 Å². The Labute approximate surface area is 169 Å². The predicted molar refractivity (Wildman–Crippen MR) is 111 cm³/mol. The number of rotatable bonds is 5. The molecule has 9 heteroatoms. The van der Waals surface area contributed by atoms with Gasteiger partial charge < -0.3 is 10.5 Å². The average molecular weight is 409 g/mol. The van der Waals surface area contributed by atoms with Gasteiger partial charge in [-0.05, 0) is 36.2 Å². The number of hydrogen-bond acceptors (Lipinski definition) is 7. The highest BCUT2D eigenvalue weighted by Gasteiger charge is 2.16. The molecule has 0 radical (unpaired) electrons. The minimum absolute atomic E-state index is 0.0127. The van der Waals surface area contributed by atoms with Crippen LogP contribution >= 0.6 is 0 Å². The van der Waals surface area contributed by atoms with Crippen LogP contribution in [0.25, 0.3) is 28.2 Å². The van der Waals surface area contributed by atoms with Crippen molar-refractivity contribution in [3.63, 3.8) is 0 Å². The van der Waals surface area contributed by atoms with E-state index in [2.05, 4.69) is 15.0 Å². The zero-order chi connectivity index (χ0) is 20.5. The first kappa shape index (κ1) is 18.9. The molecule has 2 N–H and O–H groups in total. The number of aryl methyl sites for hydroxylation is 1. The molecule has 0 fully saturated rings. The van der Waals surface area contributed by atoms with Crippen LogP contribution in [-0.2, 0) is 16.5 Å². The number of methoxy groups -OCH3 is 1. The number of nitrogen functional groups attached to an aromatic ring is 1. The summed E-state index contributed by atoms with van der Waals surface area (Å²) in [5.74, 6) is 0.704. The van der Waals surface area contributed by atoms with Crippen molar-refractivity contribution in [1.82, 2.24) is 19.4 Å². The number of benzene rings is 1. The van der Waals surface area contributed by atoms with Crippen molar-refractivity contribution >= 4 is 22.2 Å². The van der Waals surface area contributed by atoms with E-state index in [0.29, 0.717) is 28.3 Å². The fraction of sp³-hybridized carbons (Fsp3) is 0.150. The number of nitrogens with two attached hydrogens (primary N) is 1. The number of hydrogen-bond donors (Lipinski definition) is 2. The highest BCUT2D eigenvalue weighted by atomic mass is 32.2. The standard InChI is InChI=1S/C20H19N5O3S/c1-12-5-6-13(11-29(26)27)8-15(12)17-9-23-19-18(21)24-16(10-25(17)19)14-4-3-7-22-20(14)28-2/h3-10,29H,11H2,1-2H3,(H2,21,24). The summed E-state index contributed by atoms with van der Waals surface area (Å²) in [6.45, 7) is 1.96. The summed E-state index contributed by atoms with van der Waals surface area (Å²) in [6.07, 6.45) is 5.18. The van der Waals surface area contributed by atoms with Crippen LogP contribution in [0.3, 0.4) is 0 Å². The van der Waals surface area contributed by atoms with E-state index >= 15 is 0 Å². The molecule has 8 nitrogen and oxygen atoms in total. The van der Waals surface area contributed by atoms with Gasteiger partial charge in [0, 0.05) is 18.0 Å². The molecule has 0 aliphatic rings. The first-order valence-electron chi connectivity index (χ1n) is 8.82. The molecule has 0 atom stereocenters. The van der Waals surface area contributed by atoms with E-state index < -0.39 is 10.7 Å². The molecule has 3 aromatic heterocycles. The third kappa shape index (κ3) is 3.52. The monoisotopic (exact) mass is 409 g/mol. The minimum atomic E-state index is -2.51. The predicted octanol–water partition coefficient (Wildman–Crippen LogP) is 2.47. The van der Waals surface area contributed by atoms with E-state index in [9.17, 15) is 8.42 Å².